The lowest BCUT2D eigenvalue weighted by Crippen LogP contribution is -2.23. The normalized spacial score (nSPS) is 22.8. The van der Waals surface area contributed by atoms with Gasteiger partial charge in [0.2, 0.25) is 5.91 Å². The van der Waals surface area contributed by atoms with Gasteiger partial charge in [-0.05, 0) is 31.4 Å². The minimum atomic E-state index is -0.0912. The Balaban J connectivity index is 2.06. The predicted octanol–water partition coefficient (Wildman–Crippen LogP) is 1.47. The fourth-order valence-electron chi connectivity index (χ4n) is 2.23. The maximum Gasteiger partial charge on any atom is 0.227 e. The minimum absolute atomic E-state index is 0.0337. The SMILES string of the molecule is COc1ccc(O)c(NC(=O)C2CCC(N)C2)c1. The molecular weight excluding hydrogens is 232 g/mol. The van der Waals surface area contributed by atoms with Crippen molar-refractivity contribution >= 4 is 11.6 Å². The van der Waals surface area contributed by atoms with Crippen molar-refractivity contribution in [2.75, 3.05) is 12.4 Å². The van der Waals surface area contributed by atoms with E-state index in [9.17, 15) is 9.90 Å². The third kappa shape index (κ3) is 2.73. The number of amides is 1. The number of nitrogens with two attached hydrogens (primary N) is 1. The molecular formula is C13H18N2O3. The lowest BCUT2D eigenvalue weighted by molar-refractivity contribution is -0.119. The van der Waals surface area contributed by atoms with Crippen molar-refractivity contribution < 1.29 is 14.6 Å². The molecule has 0 aliphatic heterocycles. The fourth-order valence-corrected chi connectivity index (χ4v) is 2.23. The van der Waals surface area contributed by atoms with E-state index < -0.39 is 0 Å². The summed E-state index contributed by atoms with van der Waals surface area (Å²) >= 11 is 0. The Morgan fingerprint density at radius 1 is 1.50 bits per heavy atom. The average Bonchev–Trinajstić information content (AvgIpc) is 2.79. The first-order valence-corrected chi connectivity index (χ1v) is 6.03. The lowest BCUT2D eigenvalue weighted by Gasteiger charge is -2.12. The Labute approximate surface area is 106 Å². The number of phenolic OH excluding ortho intramolecular Hbond substituents is 1. The fraction of sp³-hybridized carbons (Fsp3) is 0.462. The van der Waals surface area contributed by atoms with E-state index in [4.69, 9.17) is 10.5 Å². The molecule has 5 heteroatoms. The number of anilines is 1. The molecule has 1 aromatic rings. The zero-order valence-electron chi connectivity index (χ0n) is 10.3. The minimum Gasteiger partial charge on any atom is -0.506 e. The maximum atomic E-state index is 12.0. The Bertz CT molecular complexity index is 448. The van der Waals surface area contributed by atoms with E-state index in [0.29, 0.717) is 17.9 Å². The van der Waals surface area contributed by atoms with E-state index in [1.165, 1.54) is 13.2 Å². The van der Waals surface area contributed by atoms with Gasteiger partial charge in [0.25, 0.3) is 0 Å². The smallest absolute Gasteiger partial charge is 0.227 e. The summed E-state index contributed by atoms with van der Waals surface area (Å²) in [6, 6.07) is 4.84. The summed E-state index contributed by atoms with van der Waals surface area (Å²) in [7, 11) is 1.54. The van der Waals surface area contributed by atoms with Gasteiger partial charge < -0.3 is 20.9 Å². The van der Waals surface area contributed by atoms with Crippen LogP contribution in [-0.4, -0.2) is 24.2 Å². The summed E-state index contributed by atoms with van der Waals surface area (Å²) in [4.78, 5) is 12.0. The first-order chi connectivity index (χ1) is 8.60. The highest BCUT2D eigenvalue weighted by Gasteiger charge is 2.28. The summed E-state index contributed by atoms with van der Waals surface area (Å²) < 4.78 is 5.05. The summed E-state index contributed by atoms with van der Waals surface area (Å²) in [6.07, 6.45) is 2.39. The molecule has 1 fully saturated rings. The van der Waals surface area contributed by atoms with Gasteiger partial charge in [-0.1, -0.05) is 0 Å². The zero-order chi connectivity index (χ0) is 13.1. The van der Waals surface area contributed by atoms with Crippen LogP contribution < -0.4 is 15.8 Å². The summed E-state index contributed by atoms with van der Waals surface area (Å²) in [5, 5.41) is 12.4. The highest BCUT2D eigenvalue weighted by molar-refractivity contribution is 5.94. The van der Waals surface area contributed by atoms with Crippen LogP contribution in [0.2, 0.25) is 0 Å². The first kappa shape index (κ1) is 12.7. The highest BCUT2D eigenvalue weighted by atomic mass is 16.5. The van der Waals surface area contributed by atoms with Gasteiger partial charge >= 0.3 is 0 Å². The molecule has 0 heterocycles. The number of methoxy groups -OCH3 is 1. The van der Waals surface area contributed by atoms with Crippen molar-refractivity contribution in [1.82, 2.24) is 0 Å². The number of hydrogen-bond acceptors (Lipinski definition) is 4. The first-order valence-electron chi connectivity index (χ1n) is 6.03. The third-order valence-electron chi connectivity index (χ3n) is 3.31. The third-order valence-corrected chi connectivity index (χ3v) is 3.31. The van der Waals surface area contributed by atoms with E-state index in [0.717, 1.165) is 12.8 Å². The Morgan fingerprint density at radius 2 is 2.28 bits per heavy atom. The van der Waals surface area contributed by atoms with Crippen molar-refractivity contribution in [2.45, 2.75) is 25.3 Å². The highest BCUT2D eigenvalue weighted by Crippen LogP contribution is 2.30. The van der Waals surface area contributed by atoms with Crippen LogP contribution in [0.4, 0.5) is 5.69 Å². The lowest BCUT2D eigenvalue weighted by atomic mass is 10.1. The number of aromatic hydroxyl groups is 1. The number of ether oxygens (including phenoxy) is 1. The van der Waals surface area contributed by atoms with Gasteiger partial charge in [-0.2, -0.15) is 0 Å². The number of carbonyl (C=O) groups excluding carboxylic acids is 1. The second kappa shape index (κ2) is 5.27. The van der Waals surface area contributed by atoms with E-state index in [-0.39, 0.29) is 23.6 Å². The van der Waals surface area contributed by atoms with Crippen LogP contribution in [-0.2, 0) is 4.79 Å². The molecule has 98 valence electrons. The quantitative estimate of drug-likeness (QED) is 0.709. The topological polar surface area (TPSA) is 84.6 Å². The molecule has 1 saturated carbocycles. The molecule has 1 aliphatic rings. The van der Waals surface area contributed by atoms with E-state index in [1.54, 1.807) is 12.1 Å². The van der Waals surface area contributed by atoms with Crippen LogP contribution in [0, 0.1) is 5.92 Å². The molecule has 0 saturated heterocycles. The van der Waals surface area contributed by atoms with E-state index in [1.807, 2.05) is 0 Å². The zero-order valence-corrected chi connectivity index (χ0v) is 10.3. The van der Waals surface area contributed by atoms with Crippen molar-refractivity contribution in [3.8, 4) is 11.5 Å². The number of nitrogens with one attached hydrogen (secondary N) is 1. The maximum absolute atomic E-state index is 12.0. The second-order valence-electron chi connectivity index (χ2n) is 4.64. The molecule has 2 unspecified atom stereocenters. The largest absolute Gasteiger partial charge is 0.506 e. The summed E-state index contributed by atoms with van der Waals surface area (Å²) in [5.41, 5.74) is 6.16. The van der Waals surface area contributed by atoms with Crippen LogP contribution in [0.25, 0.3) is 0 Å². The molecule has 1 aliphatic carbocycles. The van der Waals surface area contributed by atoms with Crippen LogP contribution in [0.1, 0.15) is 19.3 Å². The van der Waals surface area contributed by atoms with Crippen LogP contribution in [0.5, 0.6) is 11.5 Å². The second-order valence-corrected chi connectivity index (χ2v) is 4.64. The molecule has 1 amide bonds. The molecule has 2 atom stereocenters. The summed E-state index contributed by atoms with van der Waals surface area (Å²) in [5.74, 6) is 0.467. The molecule has 5 nitrogen and oxygen atoms in total. The Morgan fingerprint density at radius 3 is 2.89 bits per heavy atom. The Hall–Kier alpha value is -1.75. The van der Waals surface area contributed by atoms with Gasteiger partial charge in [-0.25, -0.2) is 0 Å². The van der Waals surface area contributed by atoms with Crippen molar-refractivity contribution in [1.29, 1.82) is 0 Å². The van der Waals surface area contributed by atoms with Crippen molar-refractivity contribution in [2.24, 2.45) is 11.7 Å². The number of carbonyl (C=O) groups is 1. The molecule has 0 bridgehead atoms. The number of phenols is 1. The molecule has 0 spiro atoms. The van der Waals surface area contributed by atoms with Gasteiger partial charge in [-0.15, -0.1) is 0 Å². The van der Waals surface area contributed by atoms with Gasteiger partial charge in [0.15, 0.2) is 0 Å². The van der Waals surface area contributed by atoms with Gasteiger partial charge in [-0.3, -0.25) is 4.79 Å². The van der Waals surface area contributed by atoms with Crippen LogP contribution in [0.15, 0.2) is 18.2 Å². The standard InChI is InChI=1S/C13H18N2O3/c1-18-10-4-5-12(16)11(7-10)15-13(17)8-2-3-9(14)6-8/h4-5,7-9,16H,2-3,6,14H2,1H3,(H,15,17). The number of benzene rings is 1. The molecule has 0 radical (unpaired) electrons. The number of hydrogen-bond donors (Lipinski definition) is 3. The predicted molar refractivity (Wildman–Crippen MR) is 68.6 cm³/mol. The van der Waals surface area contributed by atoms with E-state index >= 15 is 0 Å². The van der Waals surface area contributed by atoms with Crippen molar-refractivity contribution in [3.05, 3.63) is 18.2 Å². The van der Waals surface area contributed by atoms with Crippen LogP contribution >= 0.6 is 0 Å². The Kier molecular flexibility index (Phi) is 3.72. The molecule has 0 aromatic heterocycles. The molecule has 2 rings (SSSR count). The average molecular weight is 250 g/mol. The summed E-state index contributed by atoms with van der Waals surface area (Å²) in [6.45, 7) is 0. The van der Waals surface area contributed by atoms with Gasteiger partial charge in [0, 0.05) is 18.0 Å². The van der Waals surface area contributed by atoms with Gasteiger partial charge in [0.05, 0.1) is 12.8 Å². The number of rotatable bonds is 3. The van der Waals surface area contributed by atoms with Crippen molar-refractivity contribution in [3.63, 3.8) is 0 Å². The van der Waals surface area contributed by atoms with Gasteiger partial charge in [0.1, 0.15) is 11.5 Å². The molecule has 18 heavy (non-hydrogen) atoms. The van der Waals surface area contributed by atoms with E-state index in [2.05, 4.69) is 5.32 Å². The molecule has 4 N–H and O–H groups in total. The molecule has 1 aromatic carbocycles. The monoisotopic (exact) mass is 250 g/mol. The van der Waals surface area contributed by atoms with Crippen LogP contribution in [0.3, 0.4) is 0 Å².